The summed E-state index contributed by atoms with van der Waals surface area (Å²) in [4.78, 5) is 20.7. The van der Waals surface area contributed by atoms with Gasteiger partial charge in [-0.3, -0.25) is 4.99 Å². The Morgan fingerprint density at radius 2 is 1.89 bits per heavy atom. The van der Waals surface area contributed by atoms with Crippen molar-refractivity contribution < 1.29 is 13.9 Å². The third-order valence-electron chi connectivity index (χ3n) is 4.71. The molecule has 0 radical (unpaired) electrons. The van der Waals surface area contributed by atoms with Gasteiger partial charge >= 0.3 is 5.97 Å². The Hall–Kier alpha value is -2.23. The molecule has 1 fully saturated rings. The van der Waals surface area contributed by atoms with Gasteiger partial charge in [0, 0.05) is 38.9 Å². The van der Waals surface area contributed by atoms with Gasteiger partial charge < -0.3 is 24.3 Å². The lowest BCUT2D eigenvalue weighted by molar-refractivity contribution is 0.0599. The Kier molecular flexibility index (Phi) is 8.16. The number of nitrogens with zero attached hydrogens (tertiary/aromatic N) is 3. The van der Waals surface area contributed by atoms with Gasteiger partial charge in [0.15, 0.2) is 5.96 Å². The fourth-order valence-electron chi connectivity index (χ4n) is 3.26. The van der Waals surface area contributed by atoms with E-state index in [0.29, 0.717) is 23.6 Å². The van der Waals surface area contributed by atoms with Crippen LogP contribution in [0.25, 0.3) is 0 Å². The van der Waals surface area contributed by atoms with Crippen molar-refractivity contribution in [1.29, 1.82) is 0 Å². The number of carbonyl (C=O) groups excluding carboxylic acids is 1. The van der Waals surface area contributed by atoms with Gasteiger partial charge in [0.1, 0.15) is 17.1 Å². The molecule has 0 amide bonds. The van der Waals surface area contributed by atoms with Crippen molar-refractivity contribution in [1.82, 2.24) is 10.2 Å². The maximum absolute atomic E-state index is 11.7. The van der Waals surface area contributed by atoms with E-state index in [4.69, 9.17) is 9.15 Å². The minimum absolute atomic E-state index is 0. The fraction of sp³-hybridized carbons (Fsp3) is 0.400. The highest BCUT2D eigenvalue weighted by Gasteiger charge is 2.20. The molecule has 1 aliphatic heterocycles. The first-order valence-corrected chi connectivity index (χ1v) is 9.05. The maximum atomic E-state index is 11.7. The number of rotatable bonds is 4. The number of methoxy groups -OCH3 is 1. The summed E-state index contributed by atoms with van der Waals surface area (Å²) in [6.07, 6.45) is 0. The van der Waals surface area contributed by atoms with Crippen LogP contribution in [0.5, 0.6) is 0 Å². The molecule has 2 heterocycles. The molecule has 1 aromatic heterocycles. The SMILES string of the molecule is CN=C(NCc1cc(C(=O)OC)c(C)o1)N1CCN(c2ccccc2)CC1.I. The number of halogens is 1. The topological polar surface area (TPSA) is 70.3 Å². The van der Waals surface area contributed by atoms with Crippen LogP contribution in [0, 0.1) is 6.92 Å². The summed E-state index contributed by atoms with van der Waals surface area (Å²) >= 11 is 0. The van der Waals surface area contributed by atoms with Gasteiger partial charge in [-0.2, -0.15) is 0 Å². The van der Waals surface area contributed by atoms with E-state index in [2.05, 4.69) is 44.4 Å². The molecule has 1 N–H and O–H groups in total. The zero-order valence-corrected chi connectivity index (χ0v) is 18.8. The first kappa shape index (κ1) is 22.1. The Morgan fingerprint density at radius 3 is 2.50 bits per heavy atom. The van der Waals surface area contributed by atoms with Crippen molar-refractivity contribution in [2.45, 2.75) is 13.5 Å². The summed E-state index contributed by atoms with van der Waals surface area (Å²) in [7, 11) is 3.14. The Labute approximate surface area is 182 Å². The van der Waals surface area contributed by atoms with Crippen molar-refractivity contribution in [2.75, 3.05) is 45.2 Å². The summed E-state index contributed by atoms with van der Waals surface area (Å²) in [6.45, 7) is 5.88. The van der Waals surface area contributed by atoms with Gasteiger partial charge in [0.25, 0.3) is 0 Å². The molecule has 28 heavy (non-hydrogen) atoms. The van der Waals surface area contributed by atoms with Crippen LogP contribution in [0.2, 0.25) is 0 Å². The molecule has 1 aliphatic rings. The number of piperazine rings is 1. The number of benzene rings is 1. The first-order chi connectivity index (χ1) is 13.1. The second-order valence-corrected chi connectivity index (χ2v) is 6.38. The van der Waals surface area contributed by atoms with Crippen molar-refractivity contribution in [2.24, 2.45) is 4.99 Å². The lowest BCUT2D eigenvalue weighted by Gasteiger charge is -2.37. The number of hydrogen-bond donors (Lipinski definition) is 1. The van der Waals surface area contributed by atoms with Crippen LogP contribution in [0.15, 0.2) is 45.8 Å². The number of esters is 1. The van der Waals surface area contributed by atoms with Crippen molar-refractivity contribution in [3.8, 4) is 0 Å². The van der Waals surface area contributed by atoms with Gasteiger partial charge in [-0.1, -0.05) is 18.2 Å². The fourth-order valence-corrected chi connectivity index (χ4v) is 3.26. The third kappa shape index (κ3) is 5.18. The summed E-state index contributed by atoms with van der Waals surface area (Å²) in [5.74, 6) is 1.68. The van der Waals surface area contributed by atoms with Crippen molar-refractivity contribution >= 4 is 41.6 Å². The number of nitrogens with one attached hydrogen (secondary N) is 1. The number of para-hydroxylation sites is 1. The molecule has 0 atom stereocenters. The van der Waals surface area contributed by atoms with Crippen LogP contribution in [0.3, 0.4) is 0 Å². The zero-order chi connectivity index (χ0) is 19.2. The standard InChI is InChI=1S/C20H26N4O3.HI/c1-15-18(19(25)26-3)13-17(27-15)14-22-20(21-2)24-11-9-23(10-12-24)16-7-5-4-6-8-16;/h4-8,13H,9-12,14H2,1-3H3,(H,21,22);1H. The summed E-state index contributed by atoms with van der Waals surface area (Å²) < 4.78 is 10.4. The Balaban J connectivity index is 0.00000280. The van der Waals surface area contributed by atoms with E-state index in [1.54, 1.807) is 20.0 Å². The van der Waals surface area contributed by atoms with Gasteiger partial charge in [-0.15, -0.1) is 24.0 Å². The van der Waals surface area contributed by atoms with Crippen LogP contribution in [0.1, 0.15) is 21.9 Å². The number of anilines is 1. The monoisotopic (exact) mass is 498 g/mol. The Morgan fingerprint density at radius 1 is 1.21 bits per heavy atom. The van der Waals surface area contributed by atoms with E-state index in [1.165, 1.54) is 12.8 Å². The molecule has 152 valence electrons. The number of furan rings is 1. The molecule has 0 unspecified atom stereocenters. The number of hydrogen-bond acceptors (Lipinski definition) is 5. The summed E-state index contributed by atoms with van der Waals surface area (Å²) in [6, 6.07) is 12.2. The molecule has 0 aliphatic carbocycles. The van der Waals surface area contributed by atoms with Crippen LogP contribution in [-0.4, -0.2) is 57.2 Å². The van der Waals surface area contributed by atoms with Gasteiger partial charge in [0.05, 0.1) is 13.7 Å². The molecule has 3 rings (SSSR count). The largest absolute Gasteiger partial charge is 0.465 e. The Bertz CT molecular complexity index is 799. The number of guanidine groups is 1. The predicted molar refractivity (Wildman–Crippen MR) is 121 cm³/mol. The molecule has 7 nitrogen and oxygen atoms in total. The molecular weight excluding hydrogens is 471 g/mol. The van der Waals surface area contributed by atoms with Gasteiger partial charge in [0.2, 0.25) is 0 Å². The maximum Gasteiger partial charge on any atom is 0.341 e. The van der Waals surface area contributed by atoms with Gasteiger partial charge in [-0.25, -0.2) is 4.79 Å². The van der Waals surface area contributed by atoms with E-state index < -0.39 is 0 Å². The third-order valence-corrected chi connectivity index (χ3v) is 4.71. The minimum Gasteiger partial charge on any atom is -0.465 e. The summed E-state index contributed by atoms with van der Waals surface area (Å²) in [5, 5.41) is 3.32. The minimum atomic E-state index is -0.385. The highest BCUT2D eigenvalue weighted by atomic mass is 127. The molecular formula is C20H27IN4O3. The second-order valence-electron chi connectivity index (χ2n) is 6.38. The zero-order valence-electron chi connectivity index (χ0n) is 16.5. The van der Waals surface area contributed by atoms with Crippen molar-refractivity contribution in [3.05, 3.63) is 53.5 Å². The highest BCUT2D eigenvalue weighted by molar-refractivity contribution is 14.0. The molecule has 1 saturated heterocycles. The number of aryl methyl sites for hydroxylation is 1. The molecule has 0 spiro atoms. The van der Waals surface area contributed by atoms with Crippen molar-refractivity contribution in [3.63, 3.8) is 0 Å². The van der Waals surface area contributed by atoms with Crippen LogP contribution >= 0.6 is 24.0 Å². The smallest absolute Gasteiger partial charge is 0.341 e. The number of carbonyl (C=O) groups is 1. The lowest BCUT2D eigenvalue weighted by Crippen LogP contribution is -2.52. The van der Waals surface area contributed by atoms with Gasteiger partial charge in [-0.05, 0) is 25.1 Å². The van der Waals surface area contributed by atoms with Crippen LogP contribution in [0.4, 0.5) is 5.69 Å². The number of aliphatic imine (C=N–C) groups is 1. The van der Waals surface area contributed by atoms with E-state index in [0.717, 1.165) is 32.1 Å². The highest BCUT2D eigenvalue weighted by Crippen LogP contribution is 2.17. The summed E-state index contributed by atoms with van der Waals surface area (Å²) in [5.41, 5.74) is 1.71. The van der Waals surface area contributed by atoms with E-state index in [1.807, 2.05) is 6.07 Å². The molecule has 2 aromatic rings. The first-order valence-electron chi connectivity index (χ1n) is 9.05. The normalized spacial score (nSPS) is 14.5. The van der Waals surface area contributed by atoms with E-state index in [9.17, 15) is 4.79 Å². The molecule has 1 aromatic carbocycles. The average Bonchev–Trinajstić information content (AvgIpc) is 3.09. The molecule has 8 heteroatoms. The molecule has 0 saturated carbocycles. The van der Waals surface area contributed by atoms with E-state index >= 15 is 0 Å². The second kappa shape index (κ2) is 10.4. The number of ether oxygens (including phenoxy) is 1. The quantitative estimate of drug-likeness (QED) is 0.303. The van der Waals surface area contributed by atoms with Crippen LogP contribution in [-0.2, 0) is 11.3 Å². The predicted octanol–water partition coefficient (Wildman–Crippen LogP) is 2.89. The van der Waals surface area contributed by atoms with E-state index in [-0.39, 0.29) is 29.9 Å². The lowest BCUT2D eigenvalue weighted by atomic mass is 10.2. The average molecular weight is 498 g/mol. The van der Waals surface area contributed by atoms with Crippen LogP contribution < -0.4 is 10.2 Å². The molecule has 0 bridgehead atoms.